The van der Waals surface area contributed by atoms with Crippen molar-refractivity contribution in [2.75, 3.05) is 25.2 Å². The lowest BCUT2D eigenvalue weighted by Gasteiger charge is -2.17. The molecular formula is C14H17NO4. The number of rotatable bonds is 5. The Morgan fingerprint density at radius 3 is 2.63 bits per heavy atom. The molecule has 0 N–H and O–H groups in total. The van der Waals surface area contributed by atoms with Crippen LogP contribution in [0.4, 0.5) is 5.69 Å². The van der Waals surface area contributed by atoms with Gasteiger partial charge in [-0.25, -0.2) is 0 Å². The molecule has 0 radical (unpaired) electrons. The number of ether oxygens (including phenoxy) is 2. The standard InChI is InChI=1S/C14H17NO4/c1-9(2)19-7-6-15-12-8-10(18-3)4-5-11(12)13(16)14(15)17/h4-5,8-9H,6-7H2,1-3H3. The molecule has 0 spiro atoms. The van der Waals surface area contributed by atoms with Crippen LogP contribution in [0, 0.1) is 0 Å². The number of nitrogens with zero attached hydrogens (tertiary/aromatic N) is 1. The van der Waals surface area contributed by atoms with Gasteiger partial charge in [0.15, 0.2) is 0 Å². The molecule has 1 heterocycles. The topological polar surface area (TPSA) is 55.8 Å². The zero-order chi connectivity index (χ0) is 14.0. The molecular weight excluding hydrogens is 246 g/mol. The zero-order valence-electron chi connectivity index (χ0n) is 11.3. The van der Waals surface area contributed by atoms with E-state index in [0.717, 1.165) is 0 Å². The second kappa shape index (κ2) is 5.40. The first-order valence-electron chi connectivity index (χ1n) is 6.20. The van der Waals surface area contributed by atoms with Crippen LogP contribution in [-0.2, 0) is 9.53 Å². The third kappa shape index (κ3) is 2.61. The van der Waals surface area contributed by atoms with E-state index in [1.807, 2.05) is 13.8 Å². The van der Waals surface area contributed by atoms with Crippen molar-refractivity contribution in [3.8, 4) is 5.75 Å². The maximum Gasteiger partial charge on any atom is 0.299 e. The van der Waals surface area contributed by atoms with Crippen LogP contribution >= 0.6 is 0 Å². The Labute approximate surface area is 112 Å². The maximum absolute atomic E-state index is 11.9. The molecule has 0 bridgehead atoms. The third-order valence-corrected chi connectivity index (χ3v) is 2.95. The van der Waals surface area contributed by atoms with E-state index < -0.39 is 11.7 Å². The van der Waals surface area contributed by atoms with Crippen molar-refractivity contribution in [1.82, 2.24) is 0 Å². The summed E-state index contributed by atoms with van der Waals surface area (Å²) in [5, 5.41) is 0. The minimum Gasteiger partial charge on any atom is -0.497 e. The lowest BCUT2D eigenvalue weighted by molar-refractivity contribution is -0.114. The third-order valence-electron chi connectivity index (χ3n) is 2.95. The van der Waals surface area contributed by atoms with E-state index in [9.17, 15) is 9.59 Å². The smallest absolute Gasteiger partial charge is 0.299 e. The van der Waals surface area contributed by atoms with E-state index in [1.54, 1.807) is 25.3 Å². The van der Waals surface area contributed by atoms with Crippen molar-refractivity contribution >= 4 is 17.4 Å². The summed E-state index contributed by atoms with van der Waals surface area (Å²) in [6, 6.07) is 5.00. The van der Waals surface area contributed by atoms with Crippen molar-refractivity contribution in [2.24, 2.45) is 0 Å². The average Bonchev–Trinajstić information content (AvgIpc) is 2.63. The van der Waals surface area contributed by atoms with Crippen LogP contribution < -0.4 is 9.64 Å². The second-order valence-electron chi connectivity index (χ2n) is 4.59. The van der Waals surface area contributed by atoms with Gasteiger partial charge in [0.05, 0.1) is 31.1 Å². The Morgan fingerprint density at radius 2 is 2.00 bits per heavy atom. The molecule has 0 saturated carbocycles. The number of benzene rings is 1. The second-order valence-corrected chi connectivity index (χ2v) is 4.59. The normalized spacial score (nSPS) is 14.2. The highest BCUT2D eigenvalue weighted by Crippen LogP contribution is 2.32. The van der Waals surface area contributed by atoms with Crippen molar-refractivity contribution in [3.63, 3.8) is 0 Å². The van der Waals surface area contributed by atoms with Gasteiger partial charge in [0.25, 0.3) is 11.7 Å². The number of hydrogen-bond acceptors (Lipinski definition) is 4. The summed E-state index contributed by atoms with van der Waals surface area (Å²) in [5.74, 6) is -0.353. The molecule has 1 aromatic carbocycles. The molecule has 1 aliphatic rings. The molecule has 19 heavy (non-hydrogen) atoms. The van der Waals surface area contributed by atoms with E-state index >= 15 is 0 Å². The fourth-order valence-corrected chi connectivity index (χ4v) is 2.00. The number of methoxy groups -OCH3 is 1. The fourth-order valence-electron chi connectivity index (χ4n) is 2.00. The number of hydrogen-bond donors (Lipinski definition) is 0. The van der Waals surface area contributed by atoms with Gasteiger partial charge >= 0.3 is 0 Å². The first-order valence-corrected chi connectivity index (χ1v) is 6.20. The van der Waals surface area contributed by atoms with Gasteiger partial charge in [0, 0.05) is 12.6 Å². The van der Waals surface area contributed by atoms with Gasteiger partial charge < -0.3 is 14.4 Å². The average molecular weight is 263 g/mol. The molecule has 5 heteroatoms. The van der Waals surface area contributed by atoms with Gasteiger partial charge in [0.2, 0.25) is 0 Å². The summed E-state index contributed by atoms with van der Waals surface area (Å²) in [7, 11) is 1.55. The zero-order valence-corrected chi connectivity index (χ0v) is 11.3. The number of Topliss-reactive ketones (excluding diaryl/α,β-unsaturated/α-hetero) is 1. The summed E-state index contributed by atoms with van der Waals surface area (Å²) >= 11 is 0. The number of carbonyl (C=O) groups excluding carboxylic acids is 2. The number of anilines is 1. The predicted octanol–water partition coefficient (Wildman–Crippen LogP) is 1.65. The number of carbonyl (C=O) groups is 2. The van der Waals surface area contributed by atoms with Crippen LogP contribution in [0.5, 0.6) is 5.75 Å². The summed E-state index contributed by atoms with van der Waals surface area (Å²) in [6.07, 6.45) is 0.0955. The van der Waals surface area contributed by atoms with E-state index in [4.69, 9.17) is 9.47 Å². The van der Waals surface area contributed by atoms with Gasteiger partial charge in [0.1, 0.15) is 5.75 Å². The van der Waals surface area contributed by atoms with Gasteiger partial charge in [-0.2, -0.15) is 0 Å². The van der Waals surface area contributed by atoms with Crippen LogP contribution in [-0.4, -0.2) is 38.1 Å². The van der Waals surface area contributed by atoms with Crippen LogP contribution in [0.15, 0.2) is 18.2 Å². The molecule has 2 rings (SSSR count). The molecule has 1 amide bonds. The maximum atomic E-state index is 11.9. The van der Waals surface area contributed by atoms with Gasteiger partial charge in [-0.05, 0) is 26.0 Å². The highest BCUT2D eigenvalue weighted by molar-refractivity contribution is 6.52. The Morgan fingerprint density at radius 1 is 1.26 bits per heavy atom. The summed E-state index contributed by atoms with van der Waals surface area (Å²) in [6.45, 7) is 4.61. The van der Waals surface area contributed by atoms with E-state index in [0.29, 0.717) is 30.2 Å². The van der Waals surface area contributed by atoms with Crippen LogP contribution in [0.2, 0.25) is 0 Å². The molecule has 1 aliphatic heterocycles. The molecule has 102 valence electrons. The molecule has 0 unspecified atom stereocenters. The Hall–Kier alpha value is -1.88. The quantitative estimate of drug-likeness (QED) is 0.758. The van der Waals surface area contributed by atoms with Gasteiger partial charge in [-0.3, -0.25) is 9.59 Å². The molecule has 0 fully saturated rings. The Bertz CT molecular complexity index is 510. The first kappa shape index (κ1) is 13.5. The fraction of sp³-hybridized carbons (Fsp3) is 0.429. The highest BCUT2D eigenvalue weighted by atomic mass is 16.5. The number of amides is 1. The molecule has 5 nitrogen and oxygen atoms in total. The number of ketones is 1. The molecule has 1 aromatic rings. The highest BCUT2D eigenvalue weighted by Gasteiger charge is 2.35. The SMILES string of the molecule is COc1ccc2c(c1)N(CCOC(C)C)C(=O)C2=O. The van der Waals surface area contributed by atoms with Crippen LogP contribution in [0.1, 0.15) is 24.2 Å². The van der Waals surface area contributed by atoms with Crippen LogP contribution in [0.25, 0.3) is 0 Å². The minimum atomic E-state index is -0.504. The van der Waals surface area contributed by atoms with Crippen molar-refractivity contribution < 1.29 is 19.1 Å². The summed E-state index contributed by atoms with van der Waals surface area (Å²) < 4.78 is 10.5. The lowest BCUT2D eigenvalue weighted by Crippen LogP contribution is -2.33. The minimum absolute atomic E-state index is 0.0955. The molecule has 0 aliphatic carbocycles. The summed E-state index contributed by atoms with van der Waals surface area (Å²) in [5.41, 5.74) is 1.03. The molecule has 0 saturated heterocycles. The molecule has 0 atom stereocenters. The Balaban J connectivity index is 2.21. The monoisotopic (exact) mass is 263 g/mol. The van der Waals surface area contributed by atoms with Crippen molar-refractivity contribution in [1.29, 1.82) is 0 Å². The first-order chi connectivity index (χ1) is 9.04. The van der Waals surface area contributed by atoms with Crippen LogP contribution in [0.3, 0.4) is 0 Å². The van der Waals surface area contributed by atoms with Gasteiger partial charge in [-0.15, -0.1) is 0 Å². The largest absolute Gasteiger partial charge is 0.497 e. The van der Waals surface area contributed by atoms with Gasteiger partial charge in [-0.1, -0.05) is 0 Å². The Kier molecular flexibility index (Phi) is 3.85. The summed E-state index contributed by atoms with van der Waals surface area (Å²) in [4.78, 5) is 25.2. The molecule has 0 aromatic heterocycles. The van der Waals surface area contributed by atoms with E-state index in [-0.39, 0.29) is 6.10 Å². The van der Waals surface area contributed by atoms with E-state index in [2.05, 4.69) is 0 Å². The number of fused-ring (bicyclic) bond motifs is 1. The predicted molar refractivity (Wildman–Crippen MR) is 70.8 cm³/mol. The van der Waals surface area contributed by atoms with E-state index in [1.165, 1.54) is 4.90 Å². The lowest BCUT2D eigenvalue weighted by atomic mass is 10.1. The van der Waals surface area contributed by atoms with Crippen molar-refractivity contribution in [2.45, 2.75) is 20.0 Å². The van der Waals surface area contributed by atoms with Crippen molar-refractivity contribution in [3.05, 3.63) is 23.8 Å².